The van der Waals surface area contributed by atoms with Crippen LogP contribution in [0.4, 0.5) is 0 Å². The van der Waals surface area contributed by atoms with Crippen molar-refractivity contribution in [1.29, 1.82) is 0 Å². The van der Waals surface area contributed by atoms with E-state index in [0.717, 1.165) is 12.1 Å². The molecule has 0 spiro atoms. The van der Waals surface area contributed by atoms with Crippen molar-refractivity contribution in [2.45, 2.75) is 25.5 Å². The molecule has 0 aliphatic rings. The number of hydrogen-bond donors (Lipinski definition) is 1. The lowest BCUT2D eigenvalue weighted by molar-refractivity contribution is 0.101. The van der Waals surface area contributed by atoms with E-state index in [9.17, 15) is 0 Å². The van der Waals surface area contributed by atoms with Crippen LogP contribution in [0.3, 0.4) is 0 Å². The van der Waals surface area contributed by atoms with Crippen LogP contribution in [-0.4, -0.2) is 30.2 Å². The van der Waals surface area contributed by atoms with Crippen molar-refractivity contribution in [2.75, 3.05) is 14.2 Å². The molecule has 4 nitrogen and oxygen atoms in total. The number of nitrogens with one attached hydrogen (secondary N) is 1. The maximum Gasteiger partial charge on any atom is 0.0756 e. The SMILES string of the molecule is CNC(CC(C)OC)c1cnccn1. The standard InChI is InChI=1S/C10H17N3O/c1-8(14-3)6-9(11-2)10-7-12-4-5-13-10/h4-5,7-9,11H,6H2,1-3H3. The molecule has 0 amide bonds. The lowest BCUT2D eigenvalue weighted by Crippen LogP contribution is -2.22. The molecular formula is C10H17N3O. The van der Waals surface area contributed by atoms with E-state index in [2.05, 4.69) is 15.3 Å². The Balaban J connectivity index is 2.63. The van der Waals surface area contributed by atoms with E-state index in [1.54, 1.807) is 25.7 Å². The molecule has 0 fully saturated rings. The fourth-order valence-electron chi connectivity index (χ4n) is 1.31. The lowest BCUT2D eigenvalue weighted by atomic mass is 10.1. The van der Waals surface area contributed by atoms with Crippen molar-refractivity contribution in [2.24, 2.45) is 0 Å². The molecule has 1 rings (SSSR count). The van der Waals surface area contributed by atoms with Crippen LogP contribution in [0.1, 0.15) is 25.1 Å². The summed E-state index contributed by atoms with van der Waals surface area (Å²) in [6.07, 6.45) is 6.27. The van der Waals surface area contributed by atoms with Gasteiger partial charge in [-0.25, -0.2) is 0 Å². The van der Waals surface area contributed by atoms with Crippen LogP contribution in [0.5, 0.6) is 0 Å². The van der Waals surface area contributed by atoms with Gasteiger partial charge in [0, 0.05) is 25.7 Å². The van der Waals surface area contributed by atoms with Gasteiger partial charge in [0.25, 0.3) is 0 Å². The first-order valence-electron chi connectivity index (χ1n) is 4.74. The molecule has 1 heterocycles. The first-order valence-corrected chi connectivity index (χ1v) is 4.74. The monoisotopic (exact) mass is 195 g/mol. The molecule has 14 heavy (non-hydrogen) atoms. The molecule has 2 unspecified atom stereocenters. The van der Waals surface area contributed by atoms with E-state index < -0.39 is 0 Å². The smallest absolute Gasteiger partial charge is 0.0756 e. The first kappa shape index (κ1) is 11.1. The summed E-state index contributed by atoms with van der Waals surface area (Å²) in [6, 6.07) is 0.207. The Kier molecular flexibility index (Phi) is 4.49. The zero-order valence-corrected chi connectivity index (χ0v) is 8.90. The molecule has 1 N–H and O–H groups in total. The van der Waals surface area contributed by atoms with E-state index in [-0.39, 0.29) is 12.1 Å². The van der Waals surface area contributed by atoms with Crippen LogP contribution in [0.2, 0.25) is 0 Å². The maximum atomic E-state index is 5.22. The summed E-state index contributed by atoms with van der Waals surface area (Å²) in [5.41, 5.74) is 0.957. The van der Waals surface area contributed by atoms with E-state index >= 15 is 0 Å². The topological polar surface area (TPSA) is 47.0 Å². The Bertz CT molecular complexity index is 253. The highest BCUT2D eigenvalue weighted by atomic mass is 16.5. The Morgan fingerprint density at radius 3 is 2.79 bits per heavy atom. The average Bonchev–Trinajstić information content (AvgIpc) is 2.26. The number of nitrogens with zero attached hydrogens (tertiary/aromatic N) is 2. The van der Waals surface area contributed by atoms with Crippen LogP contribution < -0.4 is 5.32 Å². The minimum absolute atomic E-state index is 0.207. The van der Waals surface area contributed by atoms with Crippen molar-refractivity contribution >= 4 is 0 Å². The minimum atomic E-state index is 0.207. The van der Waals surface area contributed by atoms with Crippen molar-refractivity contribution in [3.63, 3.8) is 0 Å². The van der Waals surface area contributed by atoms with Crippen molar-refractivity contribution in [3.05, 3.63) is 24.3 Å². The highest BCUT2D eigenvalue weighted by Crippen LogP contribution is 2.15. The summed E-state index contributed by atoms with van der Waals surface area (Å²) in [5.74, 6) is 0. The summed E-state index contributed by atoms with van der Waals surface area (Å²) in [5, 5.41) is 3.20. The predicted octanol–water partition coefficient (Wildman–Crippen LogP) is 1.16. The molecule has 0 saturated carbocycles. The molecule has 1 aromatic rings. The van der Waals surface area contributed by atoms with E-state index in [0.29, 0.717) is 0 Å². The van der Waals surface area contributed by atoms with Crippen LogP contribution in [0, 0.1) is 0 Å². The van der Waals surface area contributed by atoms with Gasteiger partial charge in [-0.05, 0) is 20.4 Å². The van der Waals surface area contributed by atoms with Gasteiger partial charge in [0.05, 0.1) is 17.8 Å². The largest absolute Gasteiger partial charge is 0.382 e. The third kappa shape index (κ3) is 3.05. The van der Waals surface area contributed by atoms with Gasteiger partial charge in [-0.1, -0.05) is 0 Å². The van der Waals surface area contributed by atoms with Crippen LogP contribution in [0.25, 0.3) is 0 Å². The van der Waals surface area contributed by atoms with Gasteiger partial charge in [0.1, 0.15) is 0 Å². The summed E-state index contributed by atoms with van der Waals surface area (Å²) < 4.78 is 5.22. The highest BCUT2D eigenvalue weighted by Gasteiger charge is 2.14. The zero-order valence-electron chi connectivity index (χ0n) is 8.90. The first-order chi connectivity index (χ1) is 6.77. The molecule has 4 heteroatoms. The summed E-state index contributed by atoms with van der Waals surface area (Å²) in [6.45, 7) is 2.04. The van der Waals surface area contributed by atoms with Crippen molar-refractivity contribution in [3.8, 4) is 0 Å². The second-order valence-corrected chi connectivity index (χ2v) is 3.25. The summed E-state index contributed by atoms with van der Waals surface area (Å²) in [4.78, 5) is 8.30. The quantitative estimate of drug-likeness (QED) is 0.766. The van der Waals surface area contributed by atoms with Gasteiger partial charge in [-0.15, -0.1) is 0 Å². The third-order valence-corrected chi connectivity index (χ3v) is 2.26. The Morgan fingerprint density at radius 2 is 2.29 bits per heavy atom. The second-order valence-electron chi connectivity index (χ2n) is 3.25. The second kappa shape index (κ2) is 5.67. The normalized spacial score (nSPS) is 15.1. The fourth-order valence-corrected chi connectivity index (χ4v) is 1.31. The number of ether oxygens (including phenoxy) is 1. The van der Waals surface area contributed by atoms with E-state index in [1.165, 1.54) is 0 Å². The Morgan fingerprint density at radius 1 is 1.50 bits per heavy atom. The molecule has 1 aromatic heterocycles. The van der Waals surface area contributed by atoms with Gasteiger partial charge >= 0.3 is 0 Å². The van der Waals surface area contributed by atoms with Crippen LogP contribution >= 0.6 is 0 Å². The fraction of sp³-hybridized carbons (Fsp3) is 0.600. The van der Waals surface area contributed by atoms with Gasteiger partial charge in [-0.3, -0.25) is 9.97 Å². The maximum absolute atomic E-state index is 5.22. The van der Waals surface area contributed by atoms with Crippen LogP contribution in [-0.2, 0) is 4.74 Å². The molecule has 0 bridgehead atoms. The zero-order chi connectivity index (χ0) is 10.4. The molecule has 0 saturated heterocycles. The van der Waals surface area contributed by atoms with E-state index in [4.69, 9.17) is 4.74 Å². The highest BCUT2D eigenvalue weighted by molar-refractivity contribution is 5.02. The number of hydrogen-bond acceptors (Lipinski definition) is 4. The van der Waals surface area contributed by atoms with Gasteiger partial charge < -0.3 is 10.1 Å². The number of rotatable bonds is 5. The minimum Gasteiger partial charge on any atom is -0.382 e. The Hall–Kier alpha value is -1.00. The average molecular weight is 195 g/mol. The molecular weight excluding hydrogens is 178 g/mol. The molecule has 0 aromatic carbocycles. The van der Waals surface area contributed by atoms with Crippen molar-refractivity contribution in [1.82, 2.24) is 15.3 Å². The van der Waals surface area contributed by atoms with Crippen molar-refractivity contribution < 1.29 is 4.74 Å². The number of methoxy groups -OCH3 is 1. The van der Waals surface area contributed by atoms with Gasteiger partial charge in [0.15, 0.2) is 0 Å². The summed E-state index contributed by atoms with van der Waals surface area (Å²) >= 11 is 0. The number of aromatic nitrogens is 2. The van der Waals surface area contributed by atoms with Gasteiger partial charge in [0.2, 0.25) is 0 Å². The van der Waals surface area contributed by atoms with E-state index in [1.807, 2.05) is 14.0 Å². The summed E-state index contributed by atoms with van der Waals surface area (Å²) in [7, 11) is 3.63. The molecule has 0 aliphatic carbocycles. The van der Waals surface area contributed by atoms with Crippen LogP contribution in [0.15, 0.2) is 18.6 Å². The molecule has 0 radical (unpaired) electrons. The molecule has 0 aliphatic heterocycles. The van der Waals surface area contributed by atoms with Gasteiger partial charge in [-0.2, -0.15) is 0 Å². The molecule has 78 valence electrons. The third-order valence-electron chi connectivity index (χ3n) is 2.26. The Labute approximate surface area is 84.7 Å². The predicted molar refractivity (Wildman–Crippen MR) is 54.9 cm³/mol. The molecule has 2 atom stereocenters. The lowest BCUT2D eigenvalue weighted by Gasteiger charge is -2.18.